The van der Waals surface area contributed by atoms with E-state index in [1.165, 1.54) is 24.0 Å². The van der Waals surface area contributed by atoms with Gasteiger partial charge >= 0.3 is 0 Å². The zero-order chi connectivity index (χ0) is 12.4. The van der Waals surface area contributed by atoms with Gasteiger partial charge in [0.1, 0.15) is 11.5 Å². The van der Waals surface area contributed by atoms with Gasteiger partial charge in [-0.1, -0.05) is 11.6 Å². The highest BCUT2D eigenvalue weighted by Crippen LogP contribution is 2.37. The average Bonchev–Trinajstić information content (AvgIpc) is 2.28. The van der Waals surface area contributed by atoms with E-state index >= 15 is 0 Å². The summed E-state index contributed by atoms with van der Waals surface area (Å²) >= 11 is 6.21. The minimum absolute atomic E-state index is 0.151. The zero-order valence-corrected chi connectivity index (χ0v) is 11.1. The van der Waals surface area contributed by atoms with Crippen molar-refractivity contribution >= 4 is 17.4 Å². The van der Waals surface area contributed by atoms with E-state index in [0.717, 1.165) is 18.4 Å². The molecule has 0 aromatic heterocycles. The maximum absolute atomic E-state index is 11.4. The number of hydrogen-bond donors (Lipinski definition) is 0. The highest BCUT2D eigenvalue weighted by atomic mass is 35.5. The summed E-state index contributed by atoms with van der Waals surface area (Å²) in [6.07, 6.45) is 4.90. The molecule has 1 aromatic carbocycles. The lowest BCUT2D eigenvalue weighted by molar-refractivity contribution is -0.116. The topological polar surface area (TPSA) is 26.3 Å². The Balaban J connectivity index is 2.56. The van der Waals surface area contributed by atoms with Crippen molar-refractivity contribution in [2.75, 3.05) is 7.11 Å². The van der Waals surface area contributed by atoms with Gasteiger partial charge in [-0.15, -0.1) is 0 Å². The van der Waals surface area contributed by atoms with Crippen LogP contribution in [-0.4, -0.2) is 12.9 Å². The second-order valence-corrected chi connectivity index (χ2v) is 5.00. The molecule has 1 aliphatic rings. The molecule has 0 radical (unpaired) electrons. The summed E-state index contributed by atoms with van der Waals surface area (Å²) in [7, 11) is 1.61. The molecule has 0 saturated carbocycles. The Morgan fingerprint density at radius 3 is 2.76 bits per heavy atom. The van der Waals surface area contributed by atoms with E-state index in [0.29, 0.717) is 17.2 Å². The number of halogens is 1. The smallest absolute Gasteiger partial charge is 0.141 e. The van der Waals surface area contributed by atoms with Crippen LogP contribution in [0.5, 0.6) is 5.75 Å². The van der Waals surface area contributed by atoms with Gasteiger partial charge in [0.15, 0.2) is 0 Å². The SMILES string of the molecule is COc1c(Cl)cc2c(c1CC(C)=O)CCCC2. The lowest BCUT2D eigenvalue weighted by Crippen LogP contribution is -2.11. The molecule has 0 amide bonds. The van der Waals surface area contributed by atoms with Crippen LogP contribution in [0.2, 0.25) is 5.02 Å². The van der Waals surface area contributed by atoms with Gasteiger partial charge in [-0.2, -0.15) is 0 Å². The minimum Gasteiger partial charge on any atom is -0.495 e. The lowest BCUT2D eigenvalue weighted by Gasteiger charge is -2.22. The third-order valence-electron chi connectivity index (χ3n) is 3.30. The number of ketones is 1. The summed E-state index contributed by atoms with van der Waals surface area (Å²) in [5, 5.41) is 0.629. The molecule has 2 nitrogen and oxygen atoms in total. The fraction of sp³-hybridized carbons (Fsp3) is 0.500. The number of ether oxygens (including phenoxy) is 1. The Hall–Kier alpha value is -1.02. The number of Topliss-reactive ketones (excluding diaryl/α,β-unsaturated/α-hetero) is 1. The van der Waals surface area contributed by atoms with Gasteiger partial charge < -0.3 is 4.74 Å². The monoisotopic (exact) mass is 252 g/mol. The standard InChI is InChI=1S/C14H17ClO2/c1-9(16)7-12-11-6-4-3-5-10(11)8-13(15)14(12)17-2/h8H,3-7H2,1-2H3. The van der Waals surface area contributed by atoms with Crippen molar-refractivity contribution in [1.82, 2.24) is 0 Å². The number of methoxy groups -OCH3 is 1. The summed E-state index contributed by atoms with van der Waals surface area (Å²) < 4.78 is 5.36. The first-order chi connectivity index (χ1) is 8.13. The van der Waals surface area contributed by atoms with E-state index in [-0.39, 0.29) is 5.78 Å². The van der Waals surface area contributed by atoms with Gasteiger partial charge in [0.2, 0.25) is 0 Å². The lowest BCUT2D eigenvalue weighted by atomic mass is 9.86. The van der Waals surface area contributed by atoms with Gasteiger partial charge in [-0.25, -0.2) is 0 Å². The molecule has 3 heteroatoms. The number of hydrogen-bond acceptors (Lipinski definition) is 2. The molecule has 0 fully saturated rings. The number of fused-ring (bicyclic) bond motifs is 1. The molecule has 0 N–H and O–H groups in total. The van der Waals surface area contributed by atoms with E-state index in [1.807, 2.05) is 6.07 Å². The number of benzene rings is 1. The van der Waals surface area contributed by atoms with Crippen molar-refractivity contribution in [1.29, 1.82) is 0 Å². The summed E-state index contributed by atoms with van der Waals surface area (Å²) in [6, 6.07) is 2.00. The summed E-state index contributed by atoms with van der Waals surface area (Å²) in [5.74, 6) is 0.834. The van der Waals surface area contributed by atoms with Crippen LogP contribution in [0.3, 0.4) is 0 Å². The number of carbonyl (C=O) groups excluding carboxylic acids is 1. The van der Waals surface area contributed by atoms with Crippen LogP contribution in [-0.2, 0) is 24.1 Å². The second kappa shape index (κ2) is 5.09. The van der Waals surface area contributed by atoms with Crippen molar-refractivity contribution in [2.45, 2.75) is 39.0 Å². The largest absolute Gasteiger partial charge is 0.495 e. The first-order valence-corrected chi connectivity index (χ1v) is 6.38. The van der Waals surface area contributed by atoms with E-state index in [1.54, 1.807) is 14.0 Å². The first-order valence-electron chi connectivity index (χ1n) is 6.00. The molecular formula is C14H17ClO2. The number of rotatable bonds is 3. The van der Waals surface area contributed by atoms with Crippen molar-refractivity contribution in [3.05, 3.63) is 27.8 Å². The molecule has 0 aliphatic heterocycles. The molecule has 2 rings (SSSR count). The Kier molecular flexibility index (Phi) is 3.72. The quantitative estimate of drug-likeness (QED) is 0.825. The molecule has 92 valence electrons. The molecule has 1 aromatic rings. The molecule has 0 heterocycles. The molecule has 17 heavy (non-hydrogen) atoms. The van der Waals surface area contributed by atoms with Crippen molar-refractivity contribution < 1.29 is 9.53 Å². The molecule has 0 atom stereocenters. The fourth-order valence-corrected chi connectivity index (χ4v) is 2.91. The molecule has 0 saturated heterocycles. The fourth-order valence-electron chi connectivity index (χ4n) is 2.59. The number of carbonyl (C=O) groups is 1. The number of aryl methyl sites for hydroxylation is 1. The van der Waals surface area contributed by atoms with Crippen LogP contribution in [0.1, 0.15) is 36.5 Å². The van der Waals surface area contributed by atoms with E-state index < -0.39 is 0 Å². The zero-order valence-electron chi connectivity index (χ0n) is 10.3. The maximum atomic E-state index is 11.4. The normalized spacial score (nSPS) is 14.3. The maximum Gasteiger partial charge on any atom is 0.141 e. The van der Waals surface area contributed by atoms with Crippen LogP contribution in [0.15, 0.2) is 6.07 Å². The van der Waals surface area contributed by atoms with Crippen LogP contribution in [0.4, 0.5) is 0 Å². The van der Waals surface area contributed by atoms with Gasteiger partial charge in [-0.3, -0.25) is 4.79 Å². The summed E-state index contributed by atoms with van der Waals surface area (Å²) in [5.41, 5.74) is 3.58. The van der Waals surface area contributed by atoms with E-state index in [4.69, 9.17) is 16.3 Å². The highest BCUT2D eigenvalue weighted by molar-refractivity contribution is 6.32. The van der Waals surface area contributed by atoms with Crippen LogP contribution < -0.4 is 4.74 Å². The molecule has 1 aliphatic carbocycles. The summed E-state index contributed by atoms with van der Waals surface area (Å²) in [6.45, 7) is 1.61. The van der Waals surface area contributed by atoms with Gasteiger partial charge in [-0.05, 0) is 49.8 Å². The Morgan fingerprint density at radius 1 is 1.41 bits per heavy atom. The van der Waals surface area contributed by atoms with Gasteiger partial charge in [0, 0.05) is 12.0 Å². The predicted molar refractivity (Wildman–Crippen MR) is 69.0 cm³/mol. The Bertz CT molecular complexity index is 452. The molecular weight excluding hydrogens is 236 g/mol. The van der Waals surface area contributed by atoms with Crippen molar-refractivity contribution in [3.8, 4) is 5.75 Å². The average molecular weight is 253 g/mol. The van der Waals surface area contributed by atoms with E-state index in [2.05, 4.69) is 0 Å². The molecule has 0 spiro atoms. The Morgan fingerprint density at radius 2 is 2.12 bits per heavy atom. The van der Waals surface area contributed by atoms with Gasteiger partial charge in [0.25, 0.3) is 0 Å². The third-order valence-corrected chi connectivity index (χ3v) is 3.58. The Labute approximate surface area is 107 Å². The highest BCUT2D eigenvalue weighted by Gasteiger charge is 2.20. The molecule has 0 unspecified atom stereocenters. The minimum atomic E-state index is 0.151. The van der Waals surface area contributed by atoms with Crippen LogP contribution >= 0.6 is 11.6 Å². The predicted octanol–water partition coefficient (Wildman–Crippen LogP) is 3.36. The second-order valence-electron chi connectivity index (χ2n) is 4.59. The van der Waals surface area contributed by atoms with Crippen LogP contribution in [0, 0.1) is 0 Å². The van der Waals surface area contributed by atoms with E-state index in [9.17, 15) is 4.79 Å². The third kappa shape index (κ3) is 2.47. The summed E-state index contributed by atoms with van der Waals surface area (Å²) in [4.78, 5) is 11.4. The van der Waals surface area contributed by atoms with Gasteiger partial charge in [0.05, 0.1) is 12.1 Å². The molecule has 0 bridgehead atoms. The van der Waals surface area contributed by atoms with Crippen molar-refractivity contribution in [2.24, 2.45) is 0 Å². The first kappa shape index (κ1) is 12.4. The van der Waals surface area contributed by atoms with Crippen LogP contribution in [0.25, 0.3) is 0 Å². The van der Waals surface area contributed by atoms with Crippen molar-refractivity contribution in [3.63, 3.8) is 0 Å².